The van der Waals surface area contributed by atoms with Crippen molar-refractivity contribution in [1.29, 1.82) is 5.26 Å². The van der Waals surface area contributed by atoms with Crippen LogP contribution in [0.1, 0.15) is 12.5 Å². The van der Waals surface area contributed by atoms with Crippen LogP contribution in [-0.4, -0.2) is 37.3 Å². The van der Waals surface area contributed by atoms with Gasteiger partial charge >= 0.3 is 5.97 Å². The second-order valence-corrected chi connectivity index (χ2v) is 6.64. The van der Waals surface area contributed by atoms with E-state index in [4.69, 9.17) is 19.3 Å². The van der Waals surface area contributed by atoms with Crippen molar-refractivity contribution in [1.82, 2.24) is 0 Å². The number of amides is 1. The number of methoxy groups -OCH3 is 1. The van der Waals surface area contributed by atoms with Gasteiger partial charge in [-0.1, -0.05) is 15.9 Å². The highest BCUT2D eigenvalue weighted by molar-refractivity contribution is 9.10. The molecule has 0 unspecified atom stereocenters. The van der Waals surface area contributed by atoms with E-state index in [2.05, 4.69) is 21.2 Å². The summed E-state index contributed by atoms with van der Waals surface area (Å²) in [5.74, 6) is -0.572. The fraction of sp³-hybridized carbons (Fsp3) is 0.190. The summed E-state index contributed by atoms with van der Waals surface area (Å²) in [5, 5.41) is 20.8. The normalized spacial score (nSPS) is 10.7. The first-order valence-electron chi connectivity index (χ1n) is 8.76. The molecule has 0 radical (unpaired) electrons. The van der Waals surface area contributed by atoms with Crippen molar-refractivity contribution in [2.75, 3.05) is 25.6 Å². The second-order valence-electron chi connectivity index (χ2n) is 5.79. The number of rotatable bonds is 9. The third kappa shape index (κ3) is 6.25. The third-order valence-corrected chi connectivity index (χ3v) is 4.41. The van der Waals surface area contributed by atoms with Gasteiger partial charge in [-0.05, 0) is 55.0 Å². The molecular weight excluding hydrogens is 456 g/mol. The average molecular weight is 475 g/mol. The molecule has 0 fully saturated rings. The van der Waals surface area contributed by atoms with E-state index in [-0.39, 0.29) is 17.1 Å². The molecule has 30 heavy (non-hydrogen) atoms. The highest BCUT2D eigenvalue weighted by Crippen LogP contribution is 2.34. The van der Waals surface area contributed by atoms with E-state index in [1.165, 1.54) is 25.3 Å². The molecular formula is C21H19BrN2O6. The van der Waals surface area contributed by atoms with Gasteiger partial charge in [-0.2, -0.15) is 5.26 Å². The number of hydrogen-bond acceptors (Lipinski definition) is 6. The van der Waals surface area contributed by atoms with E-state index in [0.717, 1.165) is 0 Å². The van der Waals surface area contributed by atoms with Crippen molar-refractivity contribution in [2.45, 2.75) is 6.92 Å². The summed E-state index contributed by atoms with van der Waals surface area (Å²) in [5.41, 5.74) is 0.859. The van der Waals surface area contributed by atoms with Gasteiger partial charge in [-0.15, -0.1) is 0 Å². The summed E-state index contributed by atoms with van der Waals surface area (Å²) in [6.45, 7) is 1.87. The Hall–Kier alpha value is -3.51. The Morgan fingerprint density at radius 3 is 2.47 bits per heavy atom. The largest absolute Gasteiger partial charge is 0.494 e. The van der Waals surface area contributed by atoms with E-state index in [0.29, 0.717) is 28.1 Å². The summed E-state index contributed by atoms with van der Waals surface area (Å²) in [6.07, 6.45) is 1.39. The zero-order valence-corrected chi connectivity index (χ0v) is 17.9. The van der Waals surface area contributed by atoms with Crippen LogP contribution in [0.15, 0.2) is 46.4 Å². The fourth-order valence-electron chi connectivity index (χ4n) is 2.38. The number of anilines is 1. The topological polar surface area (TPSA) is 118 Å². The molecule has 1 amide bonds. The number of carbonyl (C=O) groups is 2. The van der Waals surface area contributed by atoms with Gasteiger partial charge < -0.3 is 24.6 Å². The number of carboxylic acid groups (broad SMARTS) is 1. The Kier molecular flexibility index (Phi) is 8.26. The number of ether oxygens (including phenoxy) is 3. The number of halogens is 1. The minimum absolute atomic E-state index is 0.133. The Balaban J connectivity index is 2.24. The van der Waals surface area contributed by atoms with Crippen LogP contribution in [0.3, 0.4) is 0 Å². The molecule has 0 bridgehead atoms. The Bertz CT molecular complexity index is 996. The maximum absolute atomic E-state index is 12.5. The van der Waals surface area contributed by atoms with Crippen molar-refractivity contribution in [3.63, 3.8) is 0 Å². The van der Waals surface area contributed by atoms with E-state index in [9.17, 15) is 14.9 Å². The number of hydrogen-bond donors (Lipinski definition) is 2. The lowest BCUT2D eigenvalue weighted by atomic mass is 10.1. The molecule has 2 aromatic carbocycles. The monoisotopic (exact) mass is 474 g/mol. The zero-order valence-electron chi connectivity index (χ0n) is 16.3. The number of benzene rings is 2. The Morgan fingerprint density at radius 2 is 1.90 bits per heavy atom. The minimum atomic E-state index is -1.13. The first-order chi connectivity index (χ1) is 14.4. The molecule has 0 heterocycles. The van der Waals surface area contributed by atoms with Crippen LogP contribution < -0.4 is 19.5 Å². The van der Waals surface area contributed by atoms with Crippen molar-refractivity contribution in [3.8, 4) is 23.3 Å². The molecule has 8 nitrogen and oxygen atoms in total. The predicted molar refractivity (Wildman–Crippen MR) is 114 cm³/mol. The molecule has 0 saturated heterocycles. The number of carbonyl (C=O) groups excluding carboxylic acids is 1. The molecule has 0 aromatic heterocycles. The minimum Gasteiger partial charge on any atom is -0.494 e. The fourth-order valence-corrected chi connectivity index (χ4v) is 2.81. The van der Waals surface area contributed by atoms with Crippen LogP contribution in [0.25, 0.3) is 6.08 Å². The highest BCUT2D eigenvalue weighted by Gasteiger charge is 2.14. The van der Waals surface area contributed by atoms with E-state index >= 15 is 0 Å². The van der Waals surface area contributed by atoms with Crippen LogP contribution in [0.5, 0.6) is 17.2 Å². The number of nitriles is 1. The van der Waals surface area contributed by atoms with E-state index in [1.807, 2.05) is 13.0 Å². The molecule has 0 atom stereocenters. The van der Waals surface area contributed by atoms with Gasteiger partial charge in [0.1, 0.15) is 17.4 Å². The smallest absolute Gasteiger partial charge is 0.341 e. The lowest BCUT2D eigenvalue weighted by Gasteiger charge is -2.12. The quantitative estimate of drug-likeness (QED) is 0.418. The number of aliphatic carboxylic acids is 1. The van der Waals surface area contributed by atoms with Crippen LogP contribution in [0.4, 0.5) is 5.69 Å². The maximum atomic E-state index is 12.5. The third-order valence-electron chi connectivity index (χ3n) is 3.72. The van der Waals surface area contributed by atoms with Gasteiger partial charge in [0.25, 0.3) is 5.91 Å². The molecule has 2 aromatic rings. The first-order valence-corrected chi connectivity index (χ1v) is 9.55. The number of carboxylic acids is 1. The van der Waals surface area contributed by atoms with Crippen LogP contribution in [0.2, 0.25) is 0 Å². The number of nitrogens with one attached hydrogen (secondary N) is 1. The first kappa shape index (κ1) is 22.8. The van der Waals surface area contributed by atoms with Gasteiger partial charge in [0, 0.05) is 10.2 Å². The average Bonchev–Trinajstić information content (AvgIpc) is 2.72. The standard InChI is InChI=1S/C21H19BrN2O6/c1-3-29-16-6-4-15(5-7-16)24-21(27)14(11-23)8-13-9-18(28-2)19(10-17(13)22)30-12-20(25)26/h4-10H,3,12H2,1-2H3,(H,24,27)(H,25,26)/b14-8+. The van der Waals surface area contributed by atoms with Crippen molar-refractivity contribution < 1.29 is 28.9 Å². The summed E-state index contributed by atoms with van der Waals surface area (Å²) in [6, 6.07) is 11.7. The SMILES string of the molecule is CCOc1ccc(NC(=O)/C(C#N)=C/c2cc(OC)c(OCC(=O)O)cc2Br)cc1. The molecule has 156 valence electrons. The predicted octanol–water partition coefficient (Wildman–Crippen LogP) is 3.87. The van der Waals surface area contributed by atoms with Gasteiger partial charge in [-0.25, -0.2) is 4.79 Å². The van der Waals surface area contributed by atoms with Crippen LogP contribution in [0, 0.1) is 11.3 Å². The molecule has 0 aliphatic heterocycles. The summed E-state index contributed by atoms with van der Waals surface area (Å²) in [4.78, 5) is 23.2. The van der Waals surface area contributed by atoms with Crippen LogP contribution in [-0.2, 0) is 9.59 Å². The molecule has 2 N–H and O–H groups in total. The molecule has 9 heteroatoms. The Morgan fingerprint density at radius 1 is 1.20 bits per heavy atom. The van der Waals surface area contributed by atoms with Crippen molar-refractivity contribution in [2.24, 2.45) is 0 Å². The lowest BCUT2D eigenvalue weighted by Crippen LogP contribution is -2.13. The van der Waals surface area contributed by atoms with Gasteiger partial charge in [0.15, 0.2) is 18.1 Å². The lowest BCUT2D eigenvalue weighted by molar-refractivity contribution is -0.139. The highest BCUT2D eigenvalue weighted by atomic mass is 79.9. The maximum Gasteiger partial charge on any atom is 0.341 e. The molecule has 0 aliphatic carbocycles. The Labute approximate surface area is 181 Å². The second kappa shape index (κ2) is 10.9. The molecule has 0 saturated carbocycles. The number of nitrogens with zero attached hydrogens (tertiary/aromatic N) is 1. The zero-order chi connectivity index (χ0) is 22.1. The van der Waals surface area contributed by atoms with Gasteiger partial charge in [0.2, 0.25) is 0 Å². The molecule has 2 rings (SSSR count). The molecule has 0 spiro atoms. The summed E-state index contributed by atoms with van der Waals surface area (Å²) >= 11 is 3.33. The summed E-state index contributed by atoms with van der Waals surface area (Å²) in [7, 11) is 1.40. The van der Waals surface area contributed by atoms with Gasteiger partial charge in [-0.3, -0.25) is 4.79 Å². The van der Waals surface area contributed by atoms with E-state index in [1.54, 1.807) is 24.3 Å². The van der Waals surface area contributed by atoms with Gasteiger partial charge in [0.05, 0.1) is 13.7 Å². The van der Waals surface area contributed by atoms with E-state index < -0.39 is 18.5 Å². The molecule has 0 aliphatic rings. The van der Waals surface area contributed by atoms with Crippen LogP contribution >= 0.6 is 15.9 Å². The van der Waals surface area contributed by atoms with Crippen molar-refractivity contribution >= 4 is 39.6 Å². The van der Waals surface area contributed by atoms with Crippen molar-refractivity contribution in [3.05, 3.63) is 52.0 Å². The summed E-state index contributed by atoms with van der Waals surface area (Å²) < 4.78 is 16.2.